The fraction of sp³-hybridized carbons (Fsp3) is 0.462. The molecule has 2 rings (SSSR count). The van der Waals surface area contributed by atoms with E-state index in [4.69, 9.17) is 4.74 Å². The predicted octanol–water partition coefficient (Wildman–Crippen LogP) is 2.37. The standard InChI is InChI=1S/C13H16O2/c14-12-8-9-15-13(10-12)7-6-11-4-2-1-3-5-11/h1-5,13H,6-10H2. The van der Waals surface area contributed by atoms with E-state index in [-0.39, 0.29) is 6.10 Å². The highest BCUT2D eigenvalue weighted by Gasteiger charge is 2.19. The first kappa shape index (κ1) is 10.4. The molecule has 1 heterocycles. The van der Waals surface area contributed by atoms with Crippen LogP contribution in [0.4, 0.5) is 0 Å². The van der Waals surface area contributed by atoms with Gasteiger partial charge in [0, 0.05) is 12.8 Å². The van der Waals surface area contributed by atoms with E-state index in [1.54, 1.807) is 0 Å². The van der Waals surface area contributed by atoms with Crippen LogP contribution in [0.3, 0.4) is 0 Å². The topological polar surface area (TPSA) is 26.3 Å². The third kappa shape index (κ3) is 3.17. The van der Waals surface area contributed by atoms with Crippen molar-refractivity contribution in [1.29, 1.82) is 0 Å². The van der Waals surface area contributed by atoms with Crippen LogP contribution in [-0.2, 0) is 16.0 Å². The number of hydrogen-bond acceptors (Lipinski definition) is 2. The summed E-state index contributed by atoms with van der Waals surface area (Å²) in [5.41, 5.74) is 1.32. The zero-order chi connectivity index (χ0) is 10.5. The number of carbonyl (C=O) groups excluding carboxylic acids is 1. The number of aryl methyl sites for hydroxylation is 1. The van der Waals surface area contributed by atoms with E-state index < -0.39 is 0 Å². The van der Waals surface area contributed by atoms with Gasteiger partial charge in [-0.05, 0) is 18.4 Å². The van der Waals surface area contributed by atoms with Crippen molar-refractivity contribution in [3.63, 3.8) is 0 Å². The fourth-order valence-electron chi connectivity index (χ4n) is 1.91. The lowest BCUT2D eigenvalue weighted by Gasteiger charge is -2.21. The molecule has 1 atom stereocenters. The smallest absolute Gasteiger partial charge is 0.137 e. The number of ether oxygens (including phenoxy) is 1. The average Bonchev–Trinajstić information content (AvgIpc) is 2.28. The highest BCUT2D eigenvalue weighted by molar-refractivity contribution is 5.79. The number of carbonyl (C=O) groups is 1. The Kier molecular flexibility index (Phi) is 3.51. The minimum absolute atomic E-state index is 0.145. The summed E-state index contributed by atoms with van der Waals surface area (Å²) >= 11 is 0. The fourth-order valence-corrected chi connectivity index (χ4v) is 1.91. The molecule has 2 nitrogen and oxygen atoms in total. The van der Waals surface area contributed by atoms with Crippen LogP contribution in [0.15, 0.2) is 30.3 Å². The Hall–Kier alpha value is -1.15. The van der Waals surface area contributed by atoms with Crippen molar-refractivity contribution in [3.05, 3.63) is 35.9 Å². The van der Waals surface area contributed by atoms with Crippen molar-refractivity contribution >= 4 is 5.78 Å². The minimum Gasteiger partial charge on any atom is -0.377 e. The summed E-state index contributed by atoms with van der Waals surface area (Å²) in [5.74, 6) is 0.347. The maximum Gasteiger partial charge on any atom is 0.137 e. The maximum atomic E-state index is 11.2. The Morgan fingerprint density at radius 1 is 1.27 bits per heavy atom. The van der Waals surface area contributed by atoms with Gasteiger partial charge in [0.25, 0.3) is 0 Å². The molecular weight excluding hydrogens is 188 g/mol. The molecule has 0 amide bonds. The van der Waals surface area contributed by atoms with Crippen molar-refractivity contribution < 1.29 is 9.53 Å². The Morgan fingerprint density at radius 2 is 2.07 bits per heavy atom. The molecule has 80 valence electrons. The molecule has 1 saturated heterocycles. The van der Waals surface area contributed by atoms with Crippen LogP contribution in [0.2, 0.25) is 0 Å². The molecule has 2 heteroatoms. The zero-order valence-electron chi connectivity index (χ0n) is 8.82. The quantitative estimate of drug-likeness (QED) is 0.755. The molecular formula is C13H16O2. The Bertz CT molecular complexity index is 319. The van der Waals surface area contributed by atoms with Crippen LogP contribution in [0.5, 0.6) is 0 Å². The predicted molar refractivity (Wildman–Crippen MR) is 58.7 cm³/mol. The second-order valence-corrected chi connectivity index (χ2v) is 4.01. The first-order valence-electron chi connectivity index (χ1n) is 5.52. The monoisotopic (exact) mass is 204 g/mol. The van der Waals surface area contributed by atoms with Gasteiger partial charge in [0.2, 0.25) is 0 Å². The molecule has 1 aliphatic rings. The van der Waals surface area contributed by atoms with Crippen molar-refractivity contribution in [2.24, 2.45) is 0 Å². The molecule has 0 saturated carbocycles. The first-order valence-corrected chi connectivity index (χ1v) is 5.52. The van der Waals surface area contributed by atoms with Gasteiger partial charge in [0.1, 0.15) is 5.78 Å². The van der Waals surface area contributed by atoms with E-state index in [0.29, 0.717) is 25.2 Å². The van der Waals surface area contributed by atoms with E-state index in [9.17, 15) is 4.79 Å². The van der Waals surface area contributed by atoms with Gasteiger partial charge in [-0.25, -0.2) is 0 Å². The number of Topliss-reactive ketones (excluding diaryl/α,β-unsaturated/α-hetero) is 1. The molecule has 0 bridgehead atoms. The summed E-state index contributed by atoms with van der Waals surface area (Å²) in [7, 11) is 0. The first-order chi connectivity index (χ1) is 7.34. The molecule has 1 aliphatic heterocycles. The molecule has 0 N–H and O–H groups in total. The van der Waals surface area contributed by atoms with Gasteiger partial charge in [0.15, 0.2) is 0 Å². The Morgan fingerprint density at radius 3 is 2.80 bits per heavy atom. The van der Waals surface area contributed by atoms with E-state index in [1.807, 2.05) is 18.2 Å². The summed E-state index contributed by atoms with van der Waals surface area (Å²) in [6.07, 6.45) is 3.30. The van der Waals surface area contributed by atoms with Gasteiger partial charge in [-0.3, -0.25) is 4.79 Å². The second-order valence-electron chi connectivity index (χ2n) is 4.01. The van der Waals surface area contributed by atoms with Gasteiger partial charge in [0.05, 0.1) is 12.7 Å². The maximum absolute atomic E-state index is 11.2. The van der Waals surface area contributed by atoms with E-state index >= 15 is 0 Å². The summed E-state index contributed by atoms with van der Waals surface area (Å²) in [4.78, 5) is 11.2. The van der Waals surface area contributed by atoms with Crippen molar-refractivity contribution in [1.82, 2.24) is 0 Å². The minimum atomic E-state index is 0.145. The second kappa shape index (κ2) is 5.08. The number of rotatable bonds is 3. The third-order valence-corrected chi connectivity index (χ3v) is 2.79. The molecule has 0 radical (unpaired) electrons. The highest BCUT2D eigenvalue weighted by Crippen LogP contribution is 2.15. The summed E-state index contributed by atoms with van der Waals surface area (Å²) in [6, 6.07) is 10.3. The molecule has 1 aromatic carbocycles. The van der Waals surface area contributed by atoms with Crippen molar-refractivity contribution in [2.75, 3.05) is 6.61 Å². The van der Waals surface area contributed by atoms with Crippen LogP contribution in [-0.4, -0.2) is 18.5 Å². The van der Waals surface area contributed by atoms with Gasteiger partial charge >= 0.3 is 0 Å². The van der Waals surface area contributed by atoms with Gasteiger partial charge < -0.3 is 4.74 Å². The Labute approximate surface area is 90.3 Å². The molecule has 1 fully saturated rings. The lowest BCUT2D eigenvalue weighted by molar-refractivity contribution is -0.128. The summed E-state index contributed by atoms with van der Waals surface area (Å²) in [5, 5.41) is 0. The Balaban J connectivity index is 1.80. The van der Waals surface area contributed by atoms with Gasteiger partial charge in [-0.2, -0.15) is 0 Å². The van der Waals surface area contributed by atoms with Crippen molar-refractivity contribution in [2.45, 2.75) is 31.8 Å². The van der Waals surface area contributed by atoms with E-state index in [1.165, 1.54) is 5.56 Å². The van der Waals surface area contributed by atoms with Crippen LogP contribution in [0.25, 0.3) is 0 Å². The lowest BCUT2D eigenvalue weighted by atomic mass is 10.0. The van der Waals surface area contributed by atoms with Crippen LogP contribution in [0, 0.1) is 0 Å². The number of benzene rings is 1. The SMILES string of the molecule is O=C1CCOC(CCc2ccccc2)C1. The molecule has 1 unspecified atom stereocenters. The summed E-state index contributed by atoms with van der Waals surface area (Å²) < 4.78 is 5.55. The number of ketones is 1. The normalized spacial score (nSPS) is 21.6. The lowest BCUT2D eigenvalue weighted by Crippen LogP contribution is -2.25. The summed E-state index contributed by atoms with van der Waals surface area (Å²) in [6.45, 7) is 0.609. The van der Waals surface area contributed by atoms with Crippen LogP contribution < -0.4 is 0 Å². The van der Waals surface area contributed by atoms with Crippen molar-refractivity contribution in [3.8, 4) is 0 Å². The zero-order valence-corrected chi connectivity index (χ0v) is 8.82. The van der Waals surface area contributed by atoms with Gasteiger partial charge in [-0.15, -0.1) is 0 Å². The molecule has 0 aliphatic carbocycles. The van der Waals surface area contributed by atoms with Crippen LogP contribution in [0.1, 0.15) is 24.8 Å². The number of hydrogen-bond donors (Lipinski definition) is 0. The van der Waals surface area contributed by atoms with E-state index in [2.05, 4.69) is 12.1 Å². The molecule has 0 spiro atoms. The highest BCUT2D eigenvalue weighted by atomic mass is 16.5. The largest absolute Gasteiger partial charge is 0.377 e. The molecule has 0 aromatic heterocycles. The van der Waals surface area contributed by atoms with E-state index in [0.717, 1.165) is 12.8 Å². The average molecular weight is 204 g/mol. The van der Waals surface area contributed by atoms with Gasteiger partial charge in [-0.1, -0.05) is 30.3 Å². The third-order valence-electron chi connectivity index (χ3n) is 2.79. The molecule has 1 aromatic rings. The molecule has 15 heavy (non-hydrogen) atoms. The van der Waals surface area contributed by atoms with Crippen LogP contribution >= 0.6 is 0 Å².